The van der Waals surface area contributed by atoms with Crippen LogP contribution in [-0.2, 0) is 5.60 Å². The van der Waals surface area contributed by atoms with E-state index in [1.165, 1.54) is 0 Å². The van der Waals surface area contributed by atoms with Gasteiger partial charge in [-0.25, -0.2) is 4.98 Å². The van der Waals surface area contributed by atoms with E-state index in [1.807, 2.05) is 64.0 Å². The Kier molecular flexibility index (Phi) is 4.20. The molecule has 1 amide bonds. The predicted molar refractivity (Wildman–Crippen MR) is 107 cm³/mol. The number of rotatable bonds is 2. The molecule has 1 aliphatic carbocycles. The number of carbonyl (C=O) groups excluding carboxylic acids is 1. The largest absolute Gasteiger partial charge is 0.385 e. The van der Waals surface area contributed by atoms with Crippen molar-refractivity contribution in [1.29, 1.82) is 0 Å². The van der Waals surface area contributed by atoms with E-state index in [-0.39, 0.29) is 17.9 Å². The maximum Gasteiger partial charge on any atom is 0.274 e. The molecule has 2 aliphatic rings. The average Bonchev–Trinajstić information content (AvgIpc) is 3.19. The second-order valence-electron chi connectivity index (χ2n) is 8.08. The van der Waals surface area contributed by atoms with Gasteiger partial charge in [0, 0.05) is 24.7 Å². The highest BCUT2D eigenvalue weighted by molar-refractivity contribution is 5.99. The number of amides is 1. The molecule has 5 rings (SSSR count). The van der Waals surface area contributed by atoms with E-state index in [9.17, 15) is 9.90 Å². The number of pyridine rings is 1. The van der Waals surface area contributed by atoms with Gasteiger partial charge in [0.1, 0.15) is 6.33 Å². The second-order valence-corrected chi connectivity index (χ2v) is 8.08. The zero-order chi connectivity index (χ0) is 19.1. The first-order valence-corrected chi connectivity index (χ1v) is 10.2. The zero-order valence-corrected chi connectivity index (χ0v) is 15.9. The van der Waals surface area contributed by atoms with Crippen LogP contribution in [0.3, 0.4) is 0 Å². The molecular weight excluding hydrogens is 350 g/mol. The first kappa shape index (κ1) is 17.4. The summed E-state index contributed by atoms with van der Waals surface area (Å²) in [5.74, 6) is 0.0518. The maximum absolute atomic E-state index is 13.4. The van der Waals surface area contributed by atoms with Gasteiger partial charge in [0.15, 0.2) is 5.69 Å². The average molecular weight is 375 g/mol. The van der Waals surface area contributed by atoms with Crippen molar-refractivity contribution in [3.8, 4) is 0 Å². The number of aliphatic hydroxyl groups is 1. The quantitative estimate of drug-likeness (QED) is 0.744. The van der Waals surface area contributed by atoms with Gasteiger partial charge in [-0.3, -0.25) is 4.79 Å². The van der Waals surface area contributed by atoms with E-state index >= 15 is 0 Å². The predicted octanol–water partition coefficient (Wildman–Crippen LogP) is 3.63. The van der Waals surface area contributed by atoms with Gasteiger partial charge in [-0.05, 0) is 37.0 Å². The molecule has 1 saturated carbocycles. The maximum atomic E-state index is 13.4. The third kappa shape index (κ3) is 2.65. The Balaban J connectivity index is 1.50. The lowest BCUT2D eigenvalue weighted by Gasteiger charge is -2.52. The summed E-state index contributed by atoms with van der Waals surface area (Å²) in [6.45, 7) is 0.553. The van der Waals surface area contributed by atoms with Gasteiger partial charge >= 0.3 is 0 Å². The van der Waals surface area contributed by atoms with Crippen LogP contribution in [0.4, 0.5) is 0 Å². The topological polar surface area (TPSA) is 57.8 Å². The smallest absolute Gasteiger partial charge is 0.274 e. The van der Waals surface area contributed by atoms with Gasteiger partial charge in [-0.15, -0.1) is 0 Å². The van der Waals surface area contributed by atoms with Gasteiger partial charge in [0.2, 0.25) is 0 Å². The SMILES string of the molecule is O=C(c1ncn2ccccc12)N1CCC(O)(c2ccccc2)C2CCCCC21. The highest BCUT2D eigenvalue weighted by atomic mass is 16.3. The molecule has 5 nitrogen and oxygen atoms in total. The molecule has 5 heteroatoms. The molecular formula is C23H25N3O2. The first-order chi connectivity index (χ1) is 13.7. The Bertz CT molecular complexity index is 999. The Hall–Kier alpha value is -2.66. The van der Waals surface area contributed by atoms with Crippen molar-refractivity contribution in [1.82, 2.24) is 14.3 Å². The summed E-state index contributed by atoms with van der Waals surface area (Å²) in [6, 6.07) is 15.8. The molecule has 28 heavy (non-hydrogen) atoms. The third-order valence-electron chi connectivity index (χ3n) is 6.66. The molecule has 1 N–H and O–H groups in total. The lowest BCUT2D eigenvalue weighted by molar-refractivity contribution is -0.110. The fraction of sp³-hybridized carbons (Fsp3) is 0.391. The number of hydrogen-bond acceptors (Lipinski definition) is 3. The van der Waals surface area contributed by atoms with Crippen LogP contribution in [0.15, 0.2) is 61.1 Å². The number of carbonyl (C=O) groups is 1. The van der Waals surface area contributed by atoms with Crippen molar-refractivity contribution in [2.45, 2.75) is 43.7 Å². The Morgan fingerprint density at radius 3 is 2.71 bits per heavy atom. The van der Waals surface area contributed by atoms with Crippen molar-refractivity contribution < 1.29 is 9.90 Å². The summed E-state index contributed by atoms with van der Waals surface area (Å²) < 4.78 is 1.88. The zero-order valence-electron chi connectivity index (χ0n) is 15.9. The van der Waals surface area contributed by atoms with Crippen molar-refractivity contribution in [2.75, 3.05) is 6.54 Å². The molecule has 3 atom stereocenters. The molecule has 0 bridgehead atoms. The molecule has 0 radical (unpaired) electrons. The molecule has 2 fully saturated rings. The molecule has 1 saturated heterocycles. The van der Waals surface area contributed by atoms with Crippen LogP contribution >= 0.6 is 0 Å². The Labute approximate surface area is 164 Å². The van der Waals surface area contributed by atoms with Crippen LogP contribution in [0.25, 0.3) is 5.52 Å². The van der Waals surface area contributed by atoms with E-state index < -0.39 is 5.60 Å². The van der Waals surface area contributed by atoms with E-state index in [4.69, 9.17) is 0 Å². The molecule has 0 spiro atoms. The lowest BCUT2D eigenvalue weighted by atomic mass is 9.66. The number of benzene rings is 1. The Morgan fingerprint density at radius 1 is 1.07 bits per heavy atom. The molecule has 144 valence electrons. The molecule has 1 aliphatic heterocycles. The minimum Gasteiger partial charge on any atom is -0.385 e. The number of aromatic nitrogens is 2. The molecule has 2 aromatic heterocycles. The monoisotopic (exact) mass is 375 g/mol. The lowest BCUT2D eigenvalue weighted by Crippen LogP contribution is -2.59. The summed E-state index contributed by atoms with van der Waals surface area (Å²) in [5.41, 5.74) is 1.46. The minimum atomic E-state index is -0.862. The summed E-state index contributed by atoms with van der Waals surface area (Å²) >= 11 is 0. The van der Waals surface area contributed by atoms with E-state index in [0.29, 0.717) is 18.7 Å². The Morgan fingerprint density at radius 2 is 1.86 bits per heavy atom. The number of nitrogens with zero attached hydrogens (tertiary/aromatic N) is 3. The van der Waals surface area contributed by atoms with Crippen LogP contribution in [0.1, 0.15) is 48.2 Å². The number of piperidine rings is 1. The summed E-state index contributed by atoms with van der Waals surface area (Å²) in [6.07, 6.45) is 8.26. The van der Waals surface area contributed by atoms with Crippen molar-refractivity contribution >= 4 is 11.4 Å². The van der Waals surface area contributed by atoms with Gasteiger partial charge in [0.25, 0.3) is 5.91 Å². The molecule has 3 aromatic rings. The van der Waals surface area contributed by atoms with Gasteiger partial charge in [-0.2, -0.15) is 0 Å². The summed E-state index contributed by atoms with van der Waals surface area (Å²) in [7, 11) is 0. The molecule has 3 heterocycles. The standard InChI is InChI=1S/C23H25N3O2/c27-22(21-20-12-6-7-14-25(20)16-24-21)26-15-13-23(28,17-8-2-1-3-9-17)18-10-4-5-11-19(18)26/h1-3,6-9,12,14,16,18-19,28H,4-5,10-11,13,15H2. The van der Waals surface area contributed by atoms with Crippen molar-refractivity contribution in [3.63, 3.8) is 0 Å². The fourth-order valence-electron chi connectivity index (χ4n) is 5.27. The van der Waals surface area contributed by atoms with E-state index in [0.717, 1.165) is 36.8 Å². The van der Waals surface area contributed by atoms with Crippen molar-refractivity contribution in [3.05, 3.63) is 72.3 Å². The minimum absolute atomic E-state index is 0.0132. The summed E-state index contributed by atoms with van der Waals surface area (Å²) in [4.78, 5) is 19.8. The number of imidazole rings is 1. The van der Waals surface area contributed by atoms with Crippen LogP contribution in [0.2, 0.25) is 0 Å². The van der Waals surface area contributed by atoms with Crippen LogP contribution < -0.4 is 0 Å². The van der Waals surface area contributed by atoms with Gasteiger partial charge < -0.3 is 14.4 Å². The second kappa shape index (κ2) is 6.74. The van der Waals surface area contributed by atoms with Crippen LogP contribution in [0.5, 0.6) is 0 Å². The van der Waals surface area contributed by atoms with E-state index in [2.05, 4.69) is 4.98 Å². The molecule has 3 unspecified atom stereocenters. The van der Waals surface area contributed by atoms with Gasteiger partial charge in [0.05, 0.1) is 11.1 Å². The van der Waals surface area contributed by atoms with Crippen molar-refractivity contribution in [2.24, 2.45) is 5.92 Å². The fourth-order valence-corrected chi connectivity index (χ4v) is 5.27. The third-order valence-corrected chi connectivity index (χ3v) is 6.66. The normalized spacial score (nSPS) is 27.5. The molecule has 1 aromatic carbocycles. The van der Waals surface area contributed by atoms with Gasteiger partial charge in [-0.1, -0.05) is 49.2 Å². The highest BCUT2D eigenvalue weighted by Gasteiger charge is 2.50. The number of likely N-dealkylation sites (tertiary alicyclic amines) is 1. The van der Waals surface area contributed by atoms with Crippen LogP contribution in [0, 0.1) is 5.92 Å². The summed E-state index contributed by atoms with van der Waals surface area (Å²) in [5, 5.41) is 11.7. The van der Waals surface area contributed by atoms with Crippen LogP contribution in [-0.4, -0.2) is 37.9 Å². The van der Waals surface area contributed by atoms with E-state index in [1.54, 1.807) is 6.33 Å². The number of fused-ring (bicyclic) bond motifs is 2. The highest BCUT2D eigenvalue weighted by Crippen LogP contribution is 2.47. The first-order valence-electron chi connectivity index (χ1n) is 10.2. The number of hydrogen-bond donors (Lipinski definition) is 1.